The molecular weight excluding hydrogens is 374 g/mol. The molecule has 0 aromatic heterocycles. The van der Waals surface area contributed by atoms with Crippen LogP contribution in [0.4, 0.5) is 5.69 Å². The first kappa shape index (κ1) is 19.6. The van der Waals surface area contributed by atoms with E-state index in [-0.39, 0.29) is 6.54 Å². The van der Waals surface area contributed by atoms with Crippen LogP contribution >= 0.6 is 0 Å². The normalized spacial score (nSPS) is 11.6. The Morgan fingerprint density at radius 2 is 1.79 bits per heavy atom. The van der Waals surface area contributed by atoms with E-state index in [1.165, 1.54) is 0 Å². The molecule has 1 amide bonds. The predicted octanol–water partition coefficient (Wildman–Crippen LogP) is 3.06. The fraction of sp³-hybridized carbons (Fsp3) is 0.143. The van der Waals surface area contributed by atoms with E-state index in [2.05, 4.69) is 10.5 Å². The van der Waals surface area contributed by atoms with Crippen LogP contribution in [-0.4, -0.2) is 33.3 Å². The summed E-state index contributed by atoms with van der Waals surface area (Å²) in [5, 5.41) is 6.08. The number of hydrogen-bond donors (Lipinski definition) is 1. The second kappa shape index (κ2) is 8.22. The molecule has 28 heavy (non-hydrogen) atoms. The van der Waals surface area contributed by atoms with Crippen molar-refractivity contribution in [2.75, 3.05) is 17.1 Å². The molecule has 3 aromatic carbocycles. The van der Waals surface area contributed by atoms with Crippen LogP contribution < -0.4 is 9.73 Å². The lowest BCUT2D eigenvalue weighted by molar-refractivity contribution is -0.119. The third-order valence-electron chi connectivity index (χ3n) is 4.19. The number of carbonyl (C=O) groups excluding carboxylic acids is 1. The van der Waals surface area contributed by atoms with Crippen molar-refractivity contribution < 1.29 is 13.2 Å². The first-order valence-corrected chi connectivity index (χ1v) is 10.5. The Balaban J connectivity index is 1.74. The van der Waals surface area contributed by atoms with Crippen LogP contribution in [0.15, 0.2) is 71.8 Å². The van der Waals surface area contributed by atoms with Gasteiger partial charge in [0, 0.05) is 5.56 Å². The smallest absolute Gasteiger partial charge is 0.260 e. The summed E-state index contributed by atoms with van der Waals surface area (Å²) in [6.07, 6.45) is 2.62. The molecule has 0 saturated heterocycles. The van der Waals surface area contributed by atoms with E-state index in [1.807, 2.05) is 55.5 Å². The zero-order valence-electron chi connectivity index (χ0n) is 15.7. The van der Waals surface area contributed by atoms with Gasteiger partial charge in [0.25, 0.3) is 5.91 Å². The Labute approximate surface area is 164 Å². The number of nitrogens with one attached hydrogen (secondary N) is 1. The van der Waals surface area contributed by atoms with Gasteiger partial charge in [0.05, 0.1) is 18.2 Å². The number of hydrogen-bond acceptors (Lipinski definition) is 4. The number of amides is 1. The Morgan fingerprint density at radius 1 is 1.07 bits per heavy atom. The minimum Gasteiger partial charge on any atom is -0.271 e. The van der Waals surface area contributed by atoms with Gasteiger partial charge in [-0.05, 0) is 35.4 Å². The monoisotopic (exact) mass is 395 g/mol. The van der Waals surface area contributed by atoms with Crippen molar-refractivity contribution in [3.8, 4) is 0 Å². The second-order valence-corrected chi connectivity index (χ2v) is 8.38. The number of aryl methyl sites for hydroxylation is 1. The molecule has 3 aromatic rings. The maximum Gasteiger partial charge on any atom is 0.260 e. The van der Waals surface area contributed by atoms with Crippen molar-refractivity contribution in [1.82, 2.24) is 5.43 Å². The van der Waals surface area contributed by atoms with Crippen molar-refractivity contribution in [1.29, 1.82) is 0 Å². The molecular formula is C21H21N3O3S. The first-order chi connectivity index (χ1) is 13.3. The van der Waals surface area contributed by atoms with Gasteiger partial charge in [0.15, 0.2) is 0 Å². The van der Waals surface area contributed by atoms with Crippen LogP contribution in [0.3, 0.4) is 0 Å². The van der Waals surface area contributed by atoms with Gasteiger partial charge in [-0.15, -0.1) is 0 Å². The summed E-state index contributed by atoms with van der Waals surface area (Å²) < 4.78 is 25.3. The Kier molecular flexibility index (Phi) is 5.75. The third-order valence-corrected chi connectivity index (χ3v) is 5.33. The minimum atomic E-state index is -3.62. The molecule has 3 rings (SSSR count). The summed E-state index contributed by atoms with van der Waals surface area (Å²) in [5.74, 6) is -0.525. The maximum absolute atomic E-state index is 12.3. The van der Waals surface area contributed by atoms with Gasteiger partial charge in [0.2, 0.25) is 10.0 Å². The number of benzene rings is 3. The van der Waals surface area contributed by atoms with Gasteiger partial charge in [-0.3, -0.25) is 9.10 Å². The fourth-order valence-electron chi connectivity index (χ4n) is 2.89. The molecule has 0 heterocycles. The van der Waals surface area contributed by atoms with Gasteiger partial charge < -0.3 is 0 Å². The molecule has 0 bridgehead atoms. The summed E-state index contributed by atoms with van der Waals surface area (Å²) in [4.78, 5) is 12.3. The lowest BCUT2D eigenvalue weighted by Gasteiger charge is -2.21. The largest absolute Gasteiger partial charge is 0.271 e. The Morgan fingerprint density at radius 3 is 2.54 bits per heavy atom. The van der Waals surface area contributed by atoms with E-state index in [4.69, 9.17) is 0 Å². The molecule has 0 saturated carbocycles. The van der Waals surface area contributed by atoms with E-state index in [1.54, 1.807) is 24.4 Å². The predicted molar refractivity (Wildman–Crippen MR) is 113 cm³/mol. The molecule has 144 valence electrons. The minimum absolute atomic E-state index is 0.352. The van der Waals surface area contributed by atoms with Gasteiger partial charge in [0.1, 0.15) is 6.54 Å². The average Bonchev–Trinajstić information content (AvgIpc) is 2.65. The van der Waals surface area contributed by atoms with Crippen molar-refractivity contribution in [3.63, 3.8) is 0 Å². The number of nitrogens with zero attached hydrogens (tertiary/aromatic N) is 2. The van der Waals surface area contributed by atoms with Crippen molar-refractivity contribution >= 4 is 38.6 Å². The van der Waals surface area contributed by atoms with Gasteiger partial charge >= 0.3 is 0 Å². The molecule has 0 spiro atoms. The van der Waals surface area contributed by atoms with Crippen molar-refractivity contribution in [3.05, 3.63) is 77.9 Å². The lowest BCUT2D eigenvalue weighted by atomic mass is 10.1. The van der Waals surface area contributed by atoms with Crippen LogP contribution in [0.1, 0.15) is 11.1 Å². The number of rotatable bonds is 6. The molecule has 0 aliphatic rings. The number of anilines is 1. The van der Waals surface area contributed by atoms with Crippen molar-refractivity contribution in [2.45, 2.75) is 6.92 Å². The van der Waals surface area contributed by atoms with Crippen LogP contribution in [0, 0.1) is 6.92 Å². The average molecular weight is 395 g/mol. The van der Waals surface area contributed by atoms with Gasteiger partial charge in [-0.25, -0.2) is 13.8 Å². The highest BCUT2D eigenvalue weighted by Crippen LogP contribution is 2.19. The number of fused-ring (bicyclic) bond motifs is 1. The number of hydrazone groups is 1. The third kappa shape index (κ3) is 4.75. The van der Waals surface area contributed by atoms with Crippen LogP contribution in [-0.2, 0) is 14.8 Å². The number of sulfonamides is 1. The highest BCUT2D eigenvalue weighted by atomic mass is 32.2. The van der Waals surface area contributed by atoms with E-state index in [0.717, 1.165) is 32.5 Å². The standard InChI is InChI=1S/C21H21N3O3S/c1-16-7-5-11-19(13-16)24(28(2,26)27)15-21(25)23-22-14-18-10-6-9-17-8-3-4-12-20(17)18/h3-14H,15H2,1-2H3,(H,23,25)/b22-14+. The molecule has 6 nitrogen and oxygen atoms in total. The summed E-state index contributed by atoms with van der Waals surface area (Å²) in [7, 11) is -3.62. The van der Waals surface area contributed by atoms with Crippen LogP contribution in [0.25, 0.3) is 10.8 Å². The zero-order chi connectivity index (χ0) is 20.1. The molecule has 0 atom stereocenters. The van der Waals surface area contributed by atoms with Crippen molar-refractivity contribution in [2.24, 2.45) is 5.10 Å². The molecule has 1 N–H and O–H groups in total. The zero-order valence-corrected chi connectivity index (χ0v) is 16.5. The fourth-order valence-corrected chi connectivity index (χ4v) is 3.73. The molecule has 0 aliphatic heterocycles. The topological polar surface area (TPSA) is 78.8 Å². The van der Waals surface area contributed by atoms with Gasteiger partial charge in [-0.1, -0.05) is 54.6 Å². The van der Waals surface area contributed by atoms with E-state index in [9.17, 15) is 13.2 Å². The van der Waals surface area contributed by atoms with E-state index < -0.39 is 15.9 Å². The Hall–Kier alpha value is -3.19. The maximum atomic E-state index is 12.3. The summed E-state index contributed by atoms with van der Waals surface area (Å²) in [6.45, 7) is 1.51. The van der Waals surface area contributed by atoms with E-state index >= 15 is 0 Å². The first-order valence-electron chi connectivity index (χ1n) is 8.68. The Bertz CT molecular complexity index is 1140. The second-order valence-electron chi connectivity index (χ2n) is 6.47. The summed E-state index contributed by atoms with van der Waals surface area (Å²) in [6, 6.07) is 20.6. The molecule has 0 radical (unpaired) electrons. The molecule has 0 unspecified atom stereocenters. The molecule has 7 heteroatoms. The summed E-state index contributed by atoms with van der Waals surface area (Å²) in [5.41, 5.74) is 4.61. The van der Waals surface area contributed by atoms with Crippen LogP contribution in [0.2, 0.25) is 0 Å². The van der Waals surface area contributed by atoms with E-state index in [0.29, 0.717) is 5.69 Å². The highest BCUT2D eigenvalue weighted by Gasteiger charge is 2.20. The highest BCUT2D eigenvalue weighted by molar-refractivity contribution is 7.92. The quantitative estimate of drug-likeness (QED) is 0.515. The summed E-state index contributed by atoms with van der Waals surface area (Å²) >= 11 is 0. The molecule has 0 fully saturated rings. The molecule has 0 aliphatic carbocycles. The number of carbonyl (C=O) groups is 1. The van der Waals surface area contributed by atoms with Crippen LogP contribution in [0.5, 0.6) is 0 Å². The van der Waals surface area contributed by atoms with Gasteiger partial charge in [-0.2, -0.15) is 5.10 Å². The lowest BCUT2D eigenvalue weighted by Crippen LogP contribution is -2.39. The SMILES string of the molecule is Cc1cccc(N(CC(=O)N/N=C/c2cccc3ccccc23)S(C)(=O)=O)c1.